The second kappa shape index (κ2) is 5.81. The molecule has 2 heteroatoms. The molecular formula is C27H21NO. The van der Waals surface area contributed by atoms with E-state index in [4.69, 9.17) is 0 Å². The number of aryl methyl sites for hydroxylation is 2. The van der Waals surface area contributed by atoms with Gasteiger partial charge in [-0.1, -0.05) is 66.7 Å². The summed E-state index contributed by atoms with van der Waals surface area (Å²) in [6.07, 6.45) is 0. The van der Waals surface area contributed by atoms with E-state index < -0.39 is 0 Å². The summed E-state index contributed by atoms with van der Waals surface area (Å²) < 4.78 is 0. The molecule has 0 fully saturated rings. The van der Waals surface area contributed by atoms with Gasteiger partial charge in [0.2, 0.25) is 0 Å². The number of benzene rings is 4. The monoisotopic (exact) mass is 375 g/mol. The highest BCUT2D eigenvalue weighted by molar-refractivity contribution is 6.04. The van der Waals surface area contributed by atoms with E-state index in [0.29, 0.717) is 6.54 Å². The summed E-state index contributed by atoms with van der Waals surface area (Å²) in [6.45, 7) is 4.97. The molecule has 0 aliphatic carbocycles. The lowest BCUT2D eigenvalue weighted by molar-refractivity contribution is 0.0738. The molecule has 0 N–H and O–H groups in total. The topological polar surface area (TPSA) is 20.3 Å². The van der Waals surface area contributed by atoms with E-state index in [2.05, 4.69) is 73.3 Å². The van der Waals surface area contributed by atoms with Gasteiger partial charge in [-0.15, -0.1) is 0 Å². The lowest BCUT2D eigenvalue weighted by Gasteiger charge is -2.25. The van der Waals surface area contributed by atoms with Crippen LogP contribution >= 0.6 is 0 Å². The minimum Gasteiger partial charge on any atom is -0.323 e. The number of amides is 1. The summed E-state index contributed by atoms with van der Waals surface area (Å²) in [5.41, 5.74) is 9.51. The average molecular weight is 375 g/mol. The first-order valence-corrected chi connectivity index (χ1v) is 10.2. The Morgan fingerprint density at radius 2 is 1.55 bits per heavy atom. The predicted molar refractivity (Wildman–Crippen MR) is 117 cm³/mol. The van der Waals surface area contributed by atoms with Crippen LogP contribution in [0.1, 0.15) is 44.2 Å². The molecule has 0 spiro atoms. The normalized spacial score (nSPS) is 16.8. The zero-order valence-corrected chi connectivity index (χ0v) is 16.6. The second-order valence-corrected chi connectivity index (χ2v) is 8.27. The molecular weight excluding hydrogens is 354 g/mol. The van der Waals surface area contributed by atoms with Gasteiger partial charge in [-0.3, -0.25) is 4.79 Å². The first kappa shape index (κ1) is 16.6. The highest BCUT2D eigenvalue weighted by Crippen LogP contribution is 2.49. The van der Waals surface area contributed by atoms with Gasteiger partial charge in [0.05, 0.1) is 6.04 Å². The van der Waals surface area contributed by atoms with Gasteiger partial charge in [-0.05, 0) is 69.6 Å². The molecule has 1 amide bonds. The molecule has 0 saturated heterocycles. The van der Waals surface area contributed by atoms with Gasteiger partial charge < -0.3 is 4.90 Å². The summed E-state index contributed by atoms with van der Waals surface area (Å²) in [6, 6.07) is 25.7. The quantitative estimate of drug-likeness (QED) is 0.359. The Hall–Kier alpha value is -3.39. The fourth-order valence-corrected chi connectivity index (χ4v) is 5.11. The van der Waals surface area contributed by atoms with Crippen LogP contribution in [-0.4, -0.2) is 10.8 Å². The summed E-state index contributed by atoms with van der Waals surface area (Å²) >= 11 is 0. The summed E-state index contributed by atoms with van der Waals surface area (Å²) in [5.74, 6) is 0.135. The number of carbonyl (C=O) groups is 1. The first-order chi connectivity index (χ1) is 14.1. The molecule has 2 aliphatic rings. The SMILES string of the molecule is Cc1cc2c(cc1C)-c1c(ccc3ccccc13)C1c3ccccc3C(=O)N1C2. The molecule has 29 heavy (non-hydrogen) atoms. The maximum absolute atomic E-state index is 13.3. The van der Waals surface area contributed by atoms with Gasteiger partial charge >= 0.3 is 0 Å². The van der Waals surface area contributed by atoms with E-state index in [1.807, 2.05) is 18.2 Å². The van der Waals surface area contributed by atoms with Crippen molar-refractivity contribution in [2.24, 2.45) is 0 Å². The molecule has 1 atom stereocenters. The van der Waals surface area contributed by atoms with Crippen molar-refractivity contribution in [2.75, 3.05) is 0 Å². The number of nitrogens with zero attached hydrogens (tertiary/aromatic N) is 1. The van der Waals surface area contributed by atoms with Gasteiger partial charge in [-0.25, -0.2) is 0 Å². The molecule has 0 aromatic heterocycles. The van der Waals surface area contributed by atoms with Gasteiger partial charge in [0.1, 0.15) is 0 Å². The van der Waals surface area contributed by atoms with Crippen molar-refractivity contribution in [3.63, 3.8) is 0 Å². The molecule has 140 valence electrons. The Bertz CT molecular complexity index is 1330. The van der Waals surface area contributed by atoms with E-state index in [1.54, 1.807) is 0 Å². The van der Waals surface area contributed by atoms with Crippen LogP contribution in [0.2, 0.25) is 0 Å². The van der Waals surface area contributed by atoms with Crippen molar-refractivity contribution in [3.05, 3.63) is 106 Å². The minimum atomic E-state index is -0.0358. The van der Waals surface area contributed by atoms with Crippen LogP contribution in [0.4, 0.5) is 0 Å². The van der Waals surface area contributed by atoms with Crippen molar-refractivity contribution < 1.29 is 4.79 Å². The smallest absolute Gasteiger partial charge is 0.255 e. The van der Waals surface area contributed by atoms with E-state index in [1.165, 1.54) is 44.2 Å². The van der Waals surface area contributed by atoms with Crippen LogP contribution in [0, 0.1) is 13.8 Å². The highest BCUT2D eigenvalue weighted by Gasteiger charge is 2.41. The second-order valence-electron chi connectivity index (χ2n) is 8.27. The van der Waals surface area contributed by atoms with Gasteiger partial charge in [0.25, 0.3) is 5.91 Å². The first-order valence-electron chi connectivity index (χ1n) is 10.2. The molecule has 2 aliphatic heterocycles. The van der Waals surface area contributed by atoms with E-state index in [0.717, 1.165) is 11.1 Å². The van der Waals surface area contributed by atoms with Gasteiger partial charge in [-0.2, -0.15) is 0 Å². The number of hydrogen-bond donors (Lipinski definition) is 0. The molecule has 4 aromatic carbocycles. The van der Waals surface area contributed by atoms with Crippen LogP contribution < -0.4 is 0 Å². The third-order valence-corrected chi connectivity index (χ3v) is 6.64. The molecule has 0 bridgehead atoms. The van der Waals surface area contributed by atoms with E-state index >= 15 is 0 Å². The molecule has 6 rings (SSSR count). The molecule has 2 heterocycles. The molecule has 2 nitrogen and oxygen atoms in total. The van der Waals surface area contributed by atoms with Crippen molar-refractivity contribution in [3.8, 4) is 11.1 Å². The summed E-state index contributed by atoms with van der Waals surface area (Å²) in [7, 11) is 0. The van der Waals surface area contributed by atoms with Crippen molar-refractivity contribution in [1.82, 2.24) is 4.90 Å². The number of rotatable bonds is 0. The highest BCUT2D eigenvalue weighted by atomic mass is 16.2. The average Bonchev–Trinajstić information content (AvgIpc) is 2.93. The maximum atomic E-state index is 13.3. The minimum absolute atomic E-state index is 0.0358. The number of carbonyl (C=O) groups excluding carboxylic acids is 1. The Balaban J connectivity index is 1.77. The van der Waals surface area contributed by atoms with E-state index in [9.17, 15) is 4.79 Å². The summed E-state index contributed by atoms with van der Waals surface area (Å²) in [5, 5.41) is 2.50. The predicted octanol–water partition coefficient (Wildman–Crippen LogP) is 6.18. The fraction of sp³-hybridized carbons (Fsp3) is 0.148. The zero-order chi connectivity index (χ0) is 19.7. The van der Waals surface area contributed by atoms with Crippen LogP contribution in [0.25, 0.3) is 21.9 Å². The van der Waals surface area contributed by atoms with E-state index in [-0.39, 0.29) is 11.9 Å². The van der Waals surface area contributed by atoms with Gasteiger partial charge in [0.15, 0.2) is 0 Å². The van der Waals surface area contributed by atoms with Crippen molar-refractivity contribution >= 4 is 16.7 Å². The molecule has 0 radical (unpaired) electrons. The van der Waals surface area contributed by atoms with Crippen molar-refractivity contribution in [2.45, 2.75) is 26.4 Å². The number of hydrogen-bond acceptors (Lipinski definition) is 1. The van der Waals surface area contributed by atoms with Crippen LogP contribution in [0.3, 0.4) is 0 Å². The lowest BCUT2D eigenvalue weighted by Crippen LogP contribution is -2.27. The molecule has 4 aromatic rings. The summed E-state index contributed by atoms with van der Waals surface area (Å²) in [4.78, 5) is 15.4. The Labute approximate surface area is 170 Å². The van der Waals surface area contributed by atoms with Crippen LogP contribution in [-0.2, 0) is 6.54 Å². The fourth-order valence-electron chi connectivity index (χ4n) is 5.11. The van der Waals surface area contributed by atoms with Gasteiger partial charge in [0, 0.05) is 12.1 Å². The number of fused-ring (bicyclic) bond motifs is 9. The Morgan fingerprint density at radius 1 is 0.793 bits per heavy atom. The van der Waals surface area contributed by atoms with Crippen LogP contribution in [0.15, 0.2) is 72.8 Å². The van der Waals surface area contributed by atoms with Crippen molar-refractivity contribution in [1.29, 1.82) is 0 Å². The van der Waals surface area contributed by atoms with Crippen LogP contribution in [0.5, 0.6) is 0 Å². The molecule has 0 saturated carbocycles. The largest absolute Gasteiger partial charge is 0.323 e. The Morgan fingerprint density at radius 3 is 2.45 bits per heavy atom. The third kappa shape index (κ3) is 2.20. The molecule has 1 unspecified atom stereocenters. The third-order valence-electron chi connectivity index (χ3n) is 6.64. The standard InChI is InChI=1S/C27H21NO/c1-16-13-19-15-28-26(21-9-5-6-10-22(21)27(28)29)23-12-11-18-7-3-4-8-20(18)25(23)24(19)14-17(16)2/h3-14,26H,15H2,1-2H3. The zero-order valence-electron chi connectivity index (χ0n) is 16.6. The lowest BCUT2D eigenvalue weighted by atomic mass is 9.86. The maximum Gasteiger partial charge on any atom is 0.255 e. The Kier molecular flexibility index (Phi) is 3.31.